The molecule has 0 unspecified atom stereocenters. The van der Waals surface area contributed by atoms with Crippen molar-refractivity contribution in [1.82, 2.24) is 4.90 Å². The number of Topliss-reactive ketones (excluding diaryl/α,β-unsaturated/α-hetero) is 1. The Labute approximate surface area is 108 Å². The summed E-state index contributed by atoms with van der Waals surface area (Å²) in [4.78, 5) is 25.0. The van der Waals surface area contributed by atoms with Gasteiger partial charge in [0.1, 0.15) is 5.78 Å². The molecule has 1 aliphatic heterocycles. The lowest BCUT2D eigenvalue weighted by Crippen LogP contribution is -2.38. The van der Waals surface area contributed by atoms with E-state index >= 15 is 0 Å². The van der Waals surface area contributed by atoms with Gasteiger partial charge in [0.15, 0.2) is 0 Å². The van der Waals surface area contributed by atoms with Gasteiger partial charge in [-0.05, 0) is 37.8 Å². The molecule has 1 aromatic carbocycles. The standard InChI is InChI=1S/C15H19NO2/c1-12(17)6-4-5-10-16-11-9-13-7-2-3-8-14(13)15(16)18/h2-3,7-8H,4-6,9-11H2,1H3. The van der Waals surface area contributed by atoms with Gasteiger partial charge in [-0.3, -0.25) is 4.79 Å². The summed E-state index contributed by atoms with van der Waals surface area (Å²) in [5, 5.41) is 0. The van der Waals surface area contributed by atoms with Crippen molar-refractivity contribution in [2.45, 2.75) is 32.6 Å². The fourth-order valence-electron chi connectivity index (χ4n) is 2.36. The van der Waals surface area contributed by atoms with E-state index in [1.165, 1.54) is 0 Å². The molecule has 1 heterocycles. The van der Waals surface area contributed by atoms with Crippen molar-refractivity contribution in [3.8, 4) is 0 Å². The molecule has 0 aromatic heterocycles. The van der Waals surface area contributed by atoms with E-state index in [9.17, 15) is 9.59 Å². The molecule has 0 atom stereocenters. The predicted molar refractivity (Wildman–Crippen MR) is 70.6 cm³/mol. The summed E-state index contributed by atoms with van der Waals surface area (Å²) < 4.78 is 0. The van der Waals surface area contributed by atoms with Gasteiger partial charge < -0.3 is 9.69 Å². The van der Waals surface area contributed by atoms with E-state index in [1.807, 2.05) is 29.2 Å². The van der Waals surface area contributed by atoms with Crippen molar-refractivity contribution in [2.24, 2.45) is 0 Å². The first-order valence-electron chi connectivity index (χ1n) is 6.55. The highest BCUT2D eigenvalue weighted by Gasteiger charge is 2.22. The summed E-state index contributed by atoms with van der Waals surface area (Å²) in [7, 11) is 0. The third kappa shape index (κ3) is 2.97. The van der Waals surface area contributed by atoms with Gasteiger partial charge in [-0.15, -0.1) is 0 Å². The lowest BCUT2D eigenvalue weighted by atomic mass is 9.99. The number of rotatable bonds is 5. The average molecular weight is 245 g/mol. The van der Waals surface area contributed by atoms with Gasteiger partial charge in [0.05, 0.1) is 0 Å². The number of unbranched alkanes of at least 4 members (excludes halogenated alkanes) is 1. The Bertz CT molecular complexity index is 454. The first kappa shape index (κ1) is 12.8. The minimum Gasteiger partial charge on any atom is -0.338 e. The maximum absolute atomic E-state index is 12.2. The lowest BCUT2D eigenvalue weighted by molar-refractivity contribution is -0.117. The molecule has 0 saturated carbocycles. The largest absolute Gasteiger partial charge is 0.338 e. The number of ketones is 1. The van der Waals surface area contributed by atoms with Crippen LogP contribution in [0.15, 0.2) is 24.3 Å². The Morgan fingerprint density at radius 2 is 2.06 bits per heavy atom. The number of benzene rings is 1. The quantitative estimate of drug-likeness (QED) is 0.747. The molecule has 1 aliphatic rings. The van der Waals surface area contributed by atoms with Crippen LogP contribution in [0.1, 0.15) is 42.1 Å². The van der Waals surface area contributed by atoms with Crippen LogP contribution in [-0.4, -0.2) is 29.7 Å². The van der Waals surface area contributed by atoms with Crippen molar-refractivity contribution in [2.75, 3.05) is 13.1 Å². The van der Waals surface area contributed by atoms with E-state index in [1.54, 1.807) is 6.92 Å². The molecule has 3 nitrogen and oxygen atoms in total. The van der Waals surface area contributed by atoms with Crippen LogP contribution in [0.2, 0.25) is 0 Å². The fourth-order valence-corrected chi connectivity index (χ4v) is 2.36. The van der Waals surface area contributed by atoms with Crippen molar-refractivity contribution in [3.63, 3.8) is 0 Å². The first-order valence-corrected chi connectivity index (χ1v) is 6.55. The van der Waals surface area contributed by atoms with Crippen LogP contribution in [0.25, 0.3) is 0 Å². The molecule has 0 N–H and O–H groups in total. The highest BCUT2D eigenvalue weighted by Crippen LogP contribution is 2.18. The minimum atomic E-state index is 0.139. The summed E-state index contributed by atoms with van der Waals surface area (Å²) in [6.07, 6.45) is 3.35. The van der Waals surface area contributed by atoms with Gasteiger partial charge >= 0.3 is 0 Å². The SMILES string of the molecule is CC(=O)CCCCN1CCc2ccccc2C1=O. The molecule has 2 rings (SSSR count). The summed E-state index contributed by atoms with van der Waals surface area (Å²) in [6.45, 7) is 3.18. The molecular formula is C15H19NO2. The number of nitrogens with zero attached hydrogens (tertiary/aromatic N) is 1. The zero-order valence-corrected chi connectivity index (χ0v) is 10.8. The van der Waals surface area contributed by atoms with Gasteiger partial charge in [-0.1, -0.05) is 18.2 Å². The zero-order valence-electron chi connectivity index (χ0n) is 10.8. The van der Waals surface area contributed by atoms with E-state index in [0.29, 0.717) is 6.42 Å². The van der Waals surface area contributed by atoms with E-state index in [2.05, 4.69) is 0 Å². The number of hydrogen-bond acceptors (Lipinski definition) is 2. The van der Waals surface area contributed by atoms with Crippen LogP contribution in [0.3, 0.4) is 0 Å². The maximum Gasteiger partial charge on any atom is 0.254 e. The fraction of sp³-hybridized carbons (Fsp3) is 0.467. The van der Waals surface area contributed by atoms with Crippen molar-refractivity contribution in [1.29, 1.82) is 0 Å². The predicted octanol–water partition coefficient (Wildman–Crippen LogP) is 2.44. The second kappa shape index (κ2) is 5.80. The number of fused-ring (bicyclic) bond motifs is 1. The van der Waals surface area contributed by atoms with Crippen molar-refractivity contribution < 1.29 is 9.59 Å². The van der Waals surface area contributed by atoms with Crippen LogP contribution in [0, 0.1) is 0 Å². The molecule has 18 heavy (non-hydrogen) atoms. The van der Waals surface area contributed by atoms with E-state index in [-0.39, 0.29) is 11.7 Å². The Kier molecular flexibility index (Phi) is 4.13. The normalized spacial score (nSPS) is 14.5. The monoisotopic (exact) mass is 245 g/mol. The summed E-state index contributed by atoms with van der Waals surface area (Å²) in [6, 6.07) is 7.82. The van der Waals surface area contributed by atoms with Gasteiger partial charge in [0.2, 0.25) is 0 Å². The molecule has 0 fully saturated rings. The Hall–Kier alpha value is -1.64. The third-order valence-corrected chi connectivity index (χ3v) is 3.39. The van der Waals surface area contributed by atoms with Crippen LogP contribution < -0.4 is 0 Å². The van der Waals surface area contributed by atoms with E-state index < -0.39 is 0 Å². The number of carbonyl (C=O) groups is 2. The van der Waals surface area contributed by atoms with Gasteiger partial charge in [0.25, 0.3) is 5.91 Å². The highest BCUT2D eigenvalue weighted by atomic mass is 16.2. The average Bonchev–Trinajstić information content (AvgIpc) is 2.37. The summed E-state index contributed by atoms with van der Waals surface area (Å²) in [5.74, 6) is 0.366. The van der Waals surface area contributed by atoms with Gasteiger partial charge in [0, 0.05) is 25.1 Å². The second-order valence-corrected chi connectivity index (χ2v) is 4.86. The Morgan fingerprint density at radius 1 is 1.28 bits per heavy atom. The van der Waals surface area contributed by atoms with Gasteiger partial charge in [-0.2, -0.15) is 0 Å². The van der Waals surface area contributed by atoms with Crippen LogP contribution in [0.4, 0.5) is 0 Å². The number of hydrogen-bond donors (Lipinski definition) is 0. The molecule has 96 valence electrons. The third-order valence-electron chi connectivity index (χ3n) is 3.39. The van der Waals surface area contributed by atoms with Crippen LogP contribution in [-0.2, 0) is 11.2 Å². The van der Waals surface area contributed by atoms with Crippen molar-refractivity contribution >= 4 is 11.7 Å². The molecule has 3 heteroatoms. The first-order chi connectivity index (χ1) is 8.68. The molecule has 0 bridgehead atoms. The van der Waals surface area contributed by atoms with E-state index in [4.69, 9.17) is 0 Å². The van der Waals surface area contributed by atoms with Crippen LogP contribution >= 0.6 is 0 Å². The molecular weight excluding hydrogens is 226 g/mol. The molecule has 0 spiro atoms. The topological polar surface area (TPSA) is 37.4 Å². The molecule has 0 radical (unpaired) electrons. The number of carbonyl (C=O) groups excluding carboxylic acids is 2. The molecule has 1 amide bonds. The minimum absolute atomic E-state index is 0.139. The molecule has 0 aliphatic carbocycles. The summed E-state index contributed by atoms with van der Waals surface area (Å²) in [5.41, 5.74) is 2.00. The van der Waals surface area contributed by atoms with Gasteiger partial charge in [-0.25, -0.2) is 0 Å². The van der Waals surface area contributed by atoms with E-state index in [0.717, 1.165) is 43.5 Å². The molecule has 1 aromatic rings. The lowest BCUT2D eigenvalue weighted by Gasteiger charge is -2.28. The Morgan fingerprint density at radius 3 is 2.83 bits per heavy atom. The number of amides is 1. The van der Waals surface area contributed by atoms with Crippen LogP contribution in [0.5, 0.6) is 0 Å². The van der Waals surface area contributed by atoms with Crippen molar-refractivity contribution in [3.05, 3.63) is 35.4 Å². The molecule has 0 saturated heterocycles. The summed E-state index contributed by atoms with van der Waals surface area (Å²) >= 11 is 0. The smallest absolute Gasteiger partial charge is 0.254 e. The highest BCUT2D eigenvalue weighted by molar-refractivity contribution is 5.96. The zero-order chi connectivity index (χ0) is 13.0. The Balaban J connectivity index is 1.89. The maximum atomic E-state index is 12.2. The second-order valence-electron chi connectivity index (χ2n) is 4.86.